The van der Waals surface area contributed by atoms with E-state index in [4.69, 9.17) is 4.74 Å². The second-order valence-corrected chi connectivity index (χ2v) is 6.30. The van der Waals surface area contributed by atoms with Crippen LogP contribution in [0.15, 0.2) is 58.1 Å². The van der Waals surface area contributed by atoms with Crippen molar-refractivity contribution in [3.63, 3.8) is 0 Å². The van der Waals surface area contributed by atoms with Crippen LogP contribution in [0.3, 0.4) is 0 Å². The summed E-state index contributed by atoms with van der Waals surface area (Å²) in [4.78, 5) is 11.7. The zero-order chi connectivity index (χ0) is 17.2. The summed E-state index contributed by atoms with van der Waals surface area (Å²) in [7, 11) is 0. The second kappa shape index (κ2) is 9.88. The summed E-state index contributed by atoms with van der Waals surface area (Å²) in [5, 5.41) is 3.92. The number of halogens is 1. The number of nitrogens with zero attached hydrogens (tertiary/aromatic N) is 1. The topological polar surface area (TPSA) is 50.7 Å². The fraction of sp³-hybridized carbons (Fsp3) is 0.263. The van der Waals surface area contributed by atoms with Gasteiger partial charge in [0.05, 0.1) is 6.21 Å². The Hall–Kier alpha value is -2.14. The number of aryl methyl sites for hydroxylation is 1. The van der Waals surface area contributed by atoms with Gasteiger partial charge in [0.15, 0.2) is 6.61 Å². The van der Waals surface area contributed by atoms with E-state index >= 15 is 0 Å². The second-order valence-electron chi connectivity index (χ2n) is 5.38. The molecule has 0 spiro atoms. The standard InChI is InChI=1S/C19H21BrN2O2/c1-2-3-5-15-8-10-18(11-9-15)24-14-19(23)22-21-13-16-6-4-7-17(20)12-16/h4,6-13H,2-3,5,14H2,1H3,(H,22,23)/b21-13+. The van der Waals surface area contributed by atoms with Crippen LogP contribution in [0.2, 0.25) is 0 Å². The van der Waals surface area contributed by atoms with Crippen LogP contribution >= 0.6 is 15.9 Å². The highest BCUT2D eigenvalue weighted by Crippen LogP contribution is 2.14. The van der Waals surface area contributed by atoms with Crippen molar-refractivity contribution in [3.8, 4) is 5.75 Å². The first-order chi connectivity index (χ1) is 11.7. The molecule has 2 rings (SSSR count). The molecule has 0 bridgehead atoms. The Labute approximate surface area is 151 Å². The minimum atomic E-state index is -0.295. The Kier molecular flexibility index (Phi) is 7.49. The summed E-state index contributed by atoms with van der Waals surface area (Å²) in [5.74, 6) is 0.387. The fourth-order valence-corrected chi connectivity index (χ4v) is 2.50. The van der Waals surface area contributed by atoms with E-state index in [0.29, 0.717) is 5.75 Å². The Bertz CT molecular complexity index is 684. The third-order valence-electron chi connectivity index (χ3n) is 3.36. The van der Waals surface area contributed by atoms with E-state index < -0.39 is 0 Å². The Balaban J connectivity index is 1.74. The van der Waals surface area contributed by atoms with Gasteiger partial charge < -0.3 is 4.74 Å². The average molecular weight is 389 g/mol. The molecule has 1 amide bonds. The van der Waals surface area contributed by atoms with E-state index in [0.717, 1.165) is 16.5 Å². The minimum Gasteiger partial charge on any atom is -0.484 e. The molecule has 4 nitrogen and oxygen atoms in total. The lowest BCUT2D eigenvalue weighted by Gasteiger charge is -2.06. The van der Waals surface area contributed by atoms with Crippen molar-refractivity contribution in [1.29, 1.82) is 0 Å². The van der Waals surface area contributed by atoms with E-state index in [2.05, 4.69) is 33.4 Å². The van der Waals surface area contributed by atoms with Gasteiger partial charge in [-0.1, -0.05) is 53.5 Å². The zero-order valence-electron chi connectivity index (χ0n) is 13.7. The van der Waals surface area contributed by atoms with Gasteiger partial charge in [0.1, 0.15) is 5.75 Å². The predicted octanol–water partition coefficient (Wildman–Crippen LogP) is 4.32. The Morgan fingerprint density at radius 1 is 1.25 bits per heavy atom. The third kappa shape index (κ3) is 6.54. The van der Waals surface area contributed by atoms with Crippen LogP contribution < -0.4 is 10.2 Å². The van der Waals surface area contributed by atoms with Crippen LogP contribution in [0.5, 0.6) is 5.75 Å². The molecule has 0 atom stereocenters. The molecule has 1 N–H and O–H groups in total. The number of hydrogen-bond donors (Lipinski definition) is 1. The number of amides is 1. The molecule has 0 saturated heterocycles. The summed E-state index contributed by atoms with van der Waals surface area (Å²) in [6.07, 6.45) is 5.02. The van der Waals surface area contributed by atoms with Gasteiger partial charge in [0.2, 0.25) is 0 Å². The minimum absolute atomic E-state index is 0.0653. The molecular weight excluding hydrogens is 368 g/mol. The fourth-order valence-electron chi connectivity index (χ4n) is 2.08. The molecule has 0 aliphatic heterocycles. The lowest BCUT2D eigenvalue weighted by Crippen LogP contribution is -2.24. The quantitative estimate of drug-likeness (QED) is 0.540. The average Bonchev–Trinajstić information content (AvgIpc) is 2.59. The highest BCUT2D eigenvalue weighted by atomic mass is 79.9. The van der Waals surface area contributed by atoms with E-state index in [9.17, 15) is 4.79 Å². The third-order valence-corrected chi connectivity index (χ3v) is 3.86. The lowest BCUT2D eigenvalue weighted by molar-refractivity contribution is -0.123. The van der Waals surface area contributed by atoms with Crippen LogP contribution in [-0.4, -0.2) is 18.7 Å². The highest BCUT2D eigenvalue weighted by Gasteiger charge is 2.01. The molecule has 0 fully saturated rings. The van der Waals surface area contributed by atoms with E-state index in [-0.39, 0.29) is 12.5 Å². The number of hydrogen-bond acceptors (Lipinski definition) is 3. The van der Waals surface area contributed by atoms with Crippen LogP contribution in [0, 0.1) is 0 Å². The van der Waals surface area contributed by atoms with Crippen molar-refractivity contribution in [2.24, 2.45) is 5.10 Å². The SMILES string of the molecule is CCCCc1ccc(OCC(=O)N/N=C/c2cccc(Br)c2)cc1. The van der Waals surface area contributed by atoms with Gasteiger partial charge in [-0.2, -0.15) is 5.10 Å². The monoisotopic (exact) mass is 388 g/mol. The van der Waals surface area contributed by atoms with E-state index in [1.807, 2.05) is 48.5 Å². The van der Waals surface area contributed by atoms with Crippen molar-refractivity contribution in [3.05, 3.63) is 64.1 Å². The number of hydrazone groups is 1. The van der Waals surface area contributed by atoms with Crippen molar-refractivity contribution in [2.75, 3.05) is 6.61 Å². The van der Waals surface area contributed by atoms with Gasteiger partial charge in [-0.3, -0.25) is 4.79 Å². The highest BCUT2D eigenvalue weighted by molar-refractivity contribution is 9.10. The number of unbranched alkanes of at least 4 members (excludes halogenated alkanes) is 1. The van der Waals surface area contributed by atoms with Gasteiger partial charge in [-0.25, -0.2) is 5.43 Å². The maximum atomic E-state index is 11.7. The molecule has 126 valence electrons. The maximum Gasteiger partial charge on any atom is 0.277 e. The maximum absolute atomic E-state index is 11.7. The largest absolute Gasteiger partial charge is 0.484 e. The first kappa shape index (κ1) is 18.2. The van der Waals surface area contributed by atoms with Gasteiger partial charge >= 0.3 is 0 Å². The molecule has 0 radical (unpaired) electrons. The molecule has 0 heterocycles. The molecule has 24 heavy (non-hydrogen) atoms. The van der Waals surface area contributed by atoms with Gasteiger partial charge in [-0.05, 0) is 48.2 Å². The van der Waals surface area contributed by atoms with Gasteiger partial charge in [0, 0.05) is 4.47 Å². The summed E-state index contributed by atoms with van der Waals surface area (Å²) >= 11 is 3.38. The van der Waals surface area contributed by atoms with Crippen LogP contribution in [0.4, 0.5) is 0 Å². The first-order valence-electron chi connectivity index (χ1n) is 7.96. The number of rotatable bonds is 8. The van der Waals surface area contributed by atoms with E-state index in [1.165, 1.54) is 18.4 Å². The molecule has 2 aromatic carbocycles. The molecule has 0 aliphatic rings. The Morgan fingerprint density at radius 3 is 2.75 bits per heavy atom. The summed E-state index contributed by atoms with van der Waals surface area (Å²) in [6.45, 7) is 2.11. The molecule has 5 heteroatoms. The van der Waals surface area contributed by atoms with Crippen LogP contribution in [0.25, 0.3) is 0 Å². The number of ether oxygens (including phenoxy) is 1. The molecule has 2 aromatic rings. The van der Waals surface area contributed by atoms with E-state index in [1.54, 1.807) is 6.21 Å². The molecule has 0 saturated carbocycles. The number of carbonyl (C=O) groups excluding carboxylic acids is 1. The molecule has 0 unspecified atom stereocenters. The lowest BCUT2D eigenvalue weighted by atomic mass is 10.1. The molecular formula is C19H21BrN2O2. The van der Waals surface area contributed by atoms with Gasteiger partial charge in [0.25, 0.3) is 5.91 Å². The number of benzene rings is 2. The number of carbonyl (C=O) groups is 1. The zero-order valence-corrected chi connectivity index (χ0v) is 15.3. The number of nitrogens with one attached hydrogen (secondary N) is 1. The summed E-state index contributed by atoms with van der Waals surface area (Å²) in [6, 6.07) is 15.5. The van der Waals surface area contributed by atoms with Crippen molar-refractivity contribution in [2.45, 2.75) is 26.2 Å². The smallest absolute Gasteiger partial charge is 0.277 e. The molecule has 0 aliphatic carbocycles. The summed E-state index contributed by atoms with van der Waals surface area (Å²) in [5.41, 5.74) is 4.63. The van der Waals surface area contributed by atoms with Crippen molar-refractivity contribution < 1.29 is 9.53 Å². The van der Waals surface area contributed by atoms with Crippen LogP contribution in [0.1, 0.15) is 30.9 Å². The van der Waals surface area contributed by atoms with Crippen LogP contribution in [-0.2, 0) is 11.2 Å². The normalized spacial score (nSPS) is 10.8. The van der Waals surface area contributed by atoms with Gasteiger partial charge in [-0.15, -0.1) is 0 Å². The van der Waals surface area contributed by atoms with Crippen molar-refractivity contribution in [1.82, 2.24) is 5.43 Å². The predicted molar refractivity (Wildman–Crippen MR) is 100 cm³/mol. The first-order valence-corrected chi connectivity index (χ1v) is 8.76. The summed E-state index contributed by atoms with van der Waals surface area (Å²) < 4.78 is 6.42. The Morgan fingerprint density at radius 2 is 2.04 bits per heavy atom. The van der Waals surface area contributed by atoms with Crippen molar-refractivity contribution >= 4 is 28.1 Å². The molecule has 0 aromatic heterocycles.